The van der Waals surface area contributed by atoms with Gasteiger partial charge in [-0.25, -0.2) is 4.98 Å². The molecule has 0 fully saturated rings. The molecule has 1 aromatic rings. The molecule has 0 aromatic carbocycles. The predicted molar refractivity (Wildman–Crippen MR) is 58.1 cm³/mol. The quantitative estimate of drug-likeness (QED) is 0.759. The van der Waals surface area contributed by atoms with Crippen LogP contribution in [0.5, 0.6) is 0 Å². The summed E-state index contributed by atoms with van der Waals surface area (Å²) >= 11 is 0. The van der Waals surface area contributed by atoms with Gasteiger partial charge < -0.3 is 11.1 Å². The summed E-state index contributed by atoms with van der Waals surface area (Å²) in [5.74, 6) is 0.839. The average molecular weight is 194 g/mol. The van der Waals surface area contributed by atoms with E-state index < -0.39 is 0 Å². The summed E-state index contributed by atoms with van der Waals surface area (Å²) in [4.78, 5) is 8.40. The van der Waals surface area contributed by atoms with Gasteiger partial charge in [0.15, 0.2) is 0 Å². The summed E-state index contributed by atoms with van der Waals surface area (Å²) < 4.78 is 0. The lowest BCUT2D eigenvalue weighted by atomic mass is 10.0. The Morgan fingerprint density at radius 2 is 2.00 bits per heavy atom. The fourth-order valence-corrected chi connectivity index (χ4v) is 1.27. The third kappa shape index (κ3) is 2.96. The van der Waals surface area contributed by atoms with Gasteiger partial charge in [-0.1, -0.05) is 0 Å². The van der Waals surface area contributed by atoms with Gasteiger partial charge in [0.25, 0.3) is 0 Å². The van der Waals surface area contributed by atoms with Gasteiger partial charge in [0.1, 0.15) is 5.82 Å². The molecular weight excluding hydrogens is 176 g/mol. The van der Waals surface area contributed by atoms with Crippen molar-refractivity contribution < 1.29 is 0 Å². The van der Waals surface area contributed by atoms with Crippen molar-refractivity contribution >= 4 is 5.82 Å². The molecule has 3 N–H and O–H groups in total. The third-order valence-electron chi connectivity index (χ3n) is 2.11. The number of nitrogens with two attached hydrogens (primary N) is 1. The second kappa shape index (κ2) is 4.37. The van der Waals surface area contributed by atoms with E-state index in [1.54, 1.807) is 12.4 Å². The van der Waals surface area contributed by atoms with Gasteiger partial charge in [0.05, 0.1) is 5.69 Å². The molecule has 0 aliphatic heterocycles. The van der Waals surface area contributed by atoms with Crippen LogP contribution >= 0.6 is 0 Å². The van der Waals surface area contributed by atoms with Gasteiger partial charge in [-0.2, -0.15) is 0 Å². The number of aromatic nitrogens is 2. The van der Waals surface area contributed by atoms with Crippen LogP contribution in [0.15, 0.2) is 12.4 Å². The molecule has 14 heavy (non-hydrogen) atoms. The standard InChI is InChI=1S/C10H18N4/c1-8-9(13-7-6-12-8)14-10(2,3)4-5-11/h6-7H,4-5,11H2,1-3H3,(H,13,14). The fraction of sp³-hybridized carbons (Fsp3) is 0.600. The highest BCUT2D eigenvalue weighted by molar-refractivity contribution is 5.40. The third-order valence-corrected chi connectivity index (χ3v) is 2.11. The fourth-order valence-electron chi connectivity index (χ4n) is 1.27. The van der Waals surface area contributed by atoms with E-state index in [0.29, 0.717) is 6.54 Å². The van der Waals surface area contributed by atoms with Crippen LogP contribution in [0.4, 0.5) is 5.82 Å². The topological polar surface area (TPSA) is 63.8 Å². The van der Waals surface area contributed by atoms with Crippen LogP contribution in [0.3, 0.4) is 0 Å². The minimum Gasteiger partial charge on any atom is -0.364 e. The molecular formula is C10H18N4. The van der Waals surface area contributed by atoms with E-state index in [1.807, 2.05) is 6.92 Å². The molecule has 0 bridgehead atoms. The zero-order valence-electron chi connectivity index (χ0n) is 9.04. The second-order valence-corrected chi connectivity index (χ2v) is 4.04. The Balaban J connectivity index is 2.73. The van der Waals surface area contributed by atoms with Crippen LogP contribution in [0.1, 0.15) is 26.0 Å². The van der Waals surface area contributed by atoms with Crippen molar-refractivity contribution in [3.05, 3.63) is 18.1 Å². The van der Waals surface area contributed by atoms with E-state index in [0.717, 1.165) is 17.9 Å². The maximum atomic E-state index is 5.53. The van der Waals surface area contributed by atoms with Gasteiger partial charge in [0, 0.05) is 17.9 Å². The molecule has 0 unspecified atom stereocenters. The van der Waals surface area contributed by atoms with Crippen LogP contribution in [-0.2, 0) is 0 Å². The molecule has 0 amide bonds. The van der Waals surface area contributed by atoms with Gasteiger partial charge in [0.2, 0.25) is 0 Å². The number of rotatable bonds is 4. The van der Waals surface area contributed by atoms with E-state index in [9.17, 15) is 0 Å². The number of hydrogen-bond acceptors (Lipinski definition) is 4. The molecule has 0 radical (unpaired) electrons. The molecule has 0 aliphatic carbocycles. The Kier molecular flexibility index (Phi) is 3.41. The zero-order chi connectivity index (χ0) is 10.6. The van der Waals surface area contributed by atoms with Crippen molar-refractivity contribution in [3.8, 4) is 0 Å². The summed E-state index contributed by atoms with van der Waals surface area (Å²) in [7, 11) is 0. The predicted octanol–water partition coefficient (Wildman–Crippen LogP) is 1.32. The molecule has 1 rings (SSSR count). The summed E-state index contributed by atoms with van der Waals surface area (Å²) in [6.45, 7) is 6.81. The zero-order valence-corrected chi connectivity index (χ0v) is 9.04. The Morgan fingerprint density at radius 3 is 2.57 bits per heavy atom. The number of anilines is 1. The molecule has 1 aromatic heterocycles. The molecule has 4 heteroatoms. The lowest BCUT2D eigenvalue weighted by Crippen LogP contribution is -2.34. The minimum absolute atomic E-state index is 0.0322. The first-order valence-electron chi connectivity index (χ1n) is 4.81. The normalized spacial score (nSPS) is 11.4. The van der Waals surface area contributed by atoms with Crippen molar-refractivity contribution in [2.75, 3.05) is 11.9 Å². The lowest BCUT2D eigenvalue weighted by Gasteiger charge is -2.26. The van der Waals surface area contributed by atoms with Crippen molar-refractivity contribution in [1.82, 2.24) is 9.97 Å². The van der Waals surface area contributed by atoms with Crippen LogP contribution in [0.2, 0.25) is 0 Å². The van der Waals surface area contributed by atoms with E-state index in [4.69, 9.17) is 5.73 Å². The summed E-state index contributed by atoms with van der Waals surface area (Å²) in [5.41, 5.74) is 6.41. The monoisotopic (exact) mass is 194 g/mol. The van der Waals surface area contributed by atoms with Crippen molar-refractivity contribution in [1.29, 1.82) is 0 Å². The molecule has 0 aliphatic rings. The second-order valence-electron chi connectivity index (χ2n) is 4.04. The highest BCUT2D eigenvalue weighted by Gasteiger charge is 2.17. The maximum Gasteiger partial charge on any atom is 0.147 e. The largest absolute Gasteiger partial charge is 0.364 e. The number of nitrogens with one attached hydrogen (secondary N) is 1. The summed E-state index contributed by atoms with van der Waals surface area (Å²) in [5, 5.41) is 3.33. The Labute approximate surface area is 85.0 Å². The van der Waals surface area contributed by atoms with Gasteiger partial charge >= 0.3 is 0 Å². The summed E-state index contributed by atoms with van der Waals surface area (Å²) in [6.07, 6.45) is 4.29. The van der Waals surface area contributed by atoms with E-state index in [1.165, 1.54) is 0 Å². The van der Waals surface area contributed by atoms with Crippen molar-refractivity contribution in [2.45, 2.75) is 32.7 Å². The molecule has 4 nitrogen and oxygen atoms in total. The van der Waals surface area contributed by atoms with Crippen LogP contribution in [0.25, 0.3) is 0 Å². The number of hydrogen-bond donors (Lipinski definition) is 2. The average Bonchev–Trinajstić information content (AvgIpc) is 2.08. The molecule has 78 valence electrons. The first-order chi connectivity index (χ1) is 6.55. The Hall–Kier alpha value is -1.16. The Morgan fingerprint density at radius 1 is 1.36 bits per heavy atom. The van der Waals surface area contributed by atoms with Gasteiger partial charge in [-0.3, -0.25) is 4.98 Å². The summed E-state index contributed by atoms with van der Waals surface area (Å²) in [6, 6.07) is 0. The molecule has 1 heterocycles. The molecule has 0 spiro atoms. The van der Waals surface area contributed by atoms with E-state index in [-0.39, 0.29) is 5.54 Å². The smallest absolute Gasteiger partial charge is 0.147 e. The first-order valence-corrected chi connectivity index (χ1v) is 4.81. The minimum atomic E-state index is -0.0322. The number of nitrogens with zero attached hydrogens (tertiary/aromatic N) is 2. The lowest BCUT2D eigenvalue weighted by molar-refractivity contribution is 0.523. The molecule has 0 saturated carbocycles. The van der Waals surface area contributed by atoms with Crippen molar-refractivity contribution in [2.24, 2.45) is 5.73 Å². The van der Waals surface area contributed by atoms with Crippen LogP contribution in [-0.4, -0.2) is 22.1 Å². The van der Waals surface area contributed by atoms with Crippen LogP contribution in [0, 0.1) is 6.92 Å². The van der Waals surface area contributed by atoms with E-state index >= 15 is 0 Å². The highest BCUT2D eigenvalue weighted by Crippen LogP contribution is 2.16. The number of aryl methyl sites for hydroxylation is 1. The Bertz CT molecular complexity index is 296. The first kappa shape index (κ1) is 10.9. The maximum absolute atomic E-state index is 5.53. The highest BCUT2D eigenvalue weighted by atomic mass is 15.1. The molecule has 0 atom stereocenters. The van der Waals surface area contributed by atoms with Gasteiger partial charge in [-0.05, 0) is 33.7 Å². The molecule has 0 saturated heterocycles. The van der Waals surface area contributed by atoms with Crippen LogP contribution < -0.4 is 11.1 Å². The van der Waals surface area contributed by atoms with Crippen molar-refractivity contribution in [3.63, 3.8) is 0 Å². The van der Waals surface area contributed by atoms with Gasteiger partial charge in [-0.15, -0.1) is 0 Å². The SMILES string of the molecule is Cc1nccnc1NC(C)(C)CCN. The van der Waals surface area contributed by atoms with E-state index in [2.05, 4.69) is 29.1 Å².